The maximum Gasteiger partial charge on any atom is 0.319 e. The summed E-state index contributed by atoms with van der Waals surface area (Å²) in [6, 6.07) is 5.90. The van der Waals surface area contributed by atoms with Crippen LogP contribution in [0.1, 0.15) is 16.8 Å². The number of nitrogens with one attached hydrogen (secondary N) is 2. The molecule has 0 saturated carbocycles. The zero-order chi connectivity index (χ0) is 15.4. The van der Waals surface area contributed by atoms with E-state index in [1.807, 2.05) is 7.05 Å². The Bertz CT molecular complexity index is 573. The normalized spacial score (nSPS) is 18.2. The van der Waals surface area contributed by atoms with Gasteiger partial charge in [0, 0.05) is 23.8 Å². The third-order valence-electron chi connectivity index (χ3n) is 3.33. The third-order valence-corrected chi connectivity index (χ3v) is 3.33. The van der Waals surface area contributed by atoms with Gasteiger partial charge in [0.15, 0.2) is 0 Å². The first-order chi connectivity index (χ1) is 9.95. The molecule has 1 heterocycles. The second-order valence-corrected chi connectivity index (χ2v) is 5.12. The summed E-state index contributed by atoms with van der Waals surface area (Å²) >= 11 is 0. The van der Waals surface area contributed by atoms with Crippen LogP contribution in [0.15, 0.2) is 24.3 Å². The van der Waals surface area contributed by atoms with Gasteiger partial charge in [-0.05, 0) is 32.1 Å². The monoisotopic (exact) mass is 290 g/mol. The molecule has 2 rings (SSSR count). The Balaban J connectivity index is 1.96. The number of nitrogens with zero attached hydrogens (tertiary/aromatic N) is 1. The third kappa shape index (κ3) is 4.03. The van der Waals surface area contributed by atoms with Crippen molar-refractivity contribution in [3.05, 3.63) is 29.8 Å². The van der Waals surface area contributed by atoms with E-state index >= 15 is 0 Å². The number of rotatable bonds is 4. The van der Waals surface area contributed by atoms with Crippen molar-refractivity contribution < 1.29 is 14.4 Å². The van der Waals surface area contributed by atoms with Crippen LogP contribution >= 0.6 is 0 Å². The molecule has 7 nitrogen and oxygen atoms in total. The highest BCUT2D eigenvalue weighted by Crippen LogP contribution is 2.12. The Hall–Kier alpha value is -2.41. The van der Waals surface area contributed by atoms with Gasteiger partial charge in [0.1, 0.15) is 0 Å². The molecule has 1 fully saturated rings. The van der Waals surface area contributed by atoms with Gasteiger partial charge in [0.2, 0.25) is 5.78 Å². The molecule has 1 aromatic rings. The molecule has 1 saturated heterocycles. The highest BCUT2D eigenvalue weighted by molar-refractivity contribution is 6.42. The van der Waals surface area contributed by atoms with Gasteiger partial charge in [-0.25, -0.2) is 4.79 Å². The van der Waals surface area contributed by atoms with E-state index in [1.165, 1.54) is 12.1 Å². The van der Waals surface area contributed by atoms with Crippen molar-refractivity contribution in [3.8, 4) is 0 Å². The lowest BCUT2D eigenvalue weighted by Crippen LogP contribution is -2.39. The molecule has 1 aliphatic rings. The predicted octanol–water partition coefficient (Wildman–Crippen LogP) is 0.180. The van der Waals surface area contributed by atoms with Crippen LogP contribution in [0.5, 0.6) is 0 Å². The summed E-state index contributed by atoms with van der Waals surface area (Å²) in [4.78, 5) is 36.4. The van der Waals surface area contributed by atoms with E-state index < -0.39 is 11.7 Å². The number of benzene rings is 1. The average Bonchev–Trinajstić information content (AvgIpc) is 2.83. The Labute approximate surface area is 122 Å². The van der Waals surface area contributed by atoms with E-state index in [-0.39, 0.29) is 17.6 Å². The van der Waals surface area contributed by atoms with Gasteiger partial charge in [-0.1, -0.05) is 12.1 Å². The molecule has 0 aromatic heterocycles. The number of likely N-dealkylation sites (tertiary alicyclic amines) is 1. The van der Waals surface area contributed by atoms with E-state index in [0.29, 0.717) is 5.69 Å². The summed E-state index contributed by atoms with van der Waals surface area (Å²) in [5, 5.41) is 5.51. The number of ketones is 1. The lowest BCUT2D eigenvalue weighted by molar-refractivity contribution is -0.114. The summed E-state index contributed by atoms with van der Waals surface area (Å²) in [5.41, 5.74) is 5.54. The Morgan fingerprint density at radius 1 is 1.33 bits per heavy atom. The average molecular weight is 290 g/mol. The lowest BCUT2D eigenvalue weighted by Gasteiger charge is -2.14. The number of anilines is 1. The minimum Gasteiger partial charge on any atom is -0.363 e. The molecule has 112 valence electrons. The molecule has 1 aliphatic heterocycles. The van der Waals surface area contributed by atoms with Crippen LogP contribution in [-0.4, -0.2) is 48.8 Å². The lowest BCUT2D eigenvalue weighted by atomic mass is 10.1. The Kier molecular flexibility index (Phi) is 4.54. The fourth-order valence-corrected chi connectivity index (χ4v) is 2.29. The number of urea groups is 1. The molecule has 3 amide bonds. The molecule has 7 heteroatoms. The summed E-state index contributed by atoms with van der Waals surface area (Å²) in [6.45, 7) is 1.77. The first-order valence-corrected chi connectivity index (χ1v) is 6.66. The number of Topliss-reactive ketones (excluding diaryl/α,β-unsaturated/α-hetero) is 1. The fraction of sp³-hybridized carbons (Fsp3) is 0.357. The van der Waals surface area contributed by atoms with Crippen LogP contribution in [0.3, 0.4) is 0 Å². The molecule has 0 spiro atoms. The largest absolute Gasteiger partial charge is 0.363 e. The SMILES string of the molecule is CN1CC[C@@H](NC(=O)Nc2cccc(C(=O)C(N)=O)c2)C1. The van der Waals surface area contributed by atoms with Crippen LogP contribution in [0, 0.1) is 0 Å². The number of hydrogen-bond acceptors (Lipinski definition) is 4. The molecule has 21 heavy (non-hydrogen) atoms. The van der Waals surface area contributed by atoms with Gasteiger partial charge in [0.05, 0.1) is 0 Å². The number of primary amides is 1. The standard InChI is InChI=1S/C14H18N4O3/c1-18-6-5-11(8-18)17-14(21)16-10-4-2-3-9(7-10)12(19)13(15)20/h2-4,7,11H,5-6,8H2,1H3,(H2,15,20)(H2,16,17,21)/t11-/m1/s1. The summed E-state index contributed by atoms with van der Waals surface area (Å²) in [6.07, 6.45) is 0.907. The van der Waals surface area contributed by atoms with Gasteiger partial charge < -0.3 is 21.3 Å². The number of likely N-dealkylation sites (N-methyl/N-ethyl adjacent to an activating group) is 1. The van der Waals surface area contributed by atoms with Gasteiger partial charge >= 0.3 is 6.03 Å². The zero-order valence-corrected chi connectivity index (χ0v) is 11.8. The smallest absolute Gasteiger partial charge is 0.319 e. The van der Waals surface area contributed by atoms with Gasteiger partial charge in [-0.3, -0.25) is 9.59 Å². The van der Waals surface area contributed by atoms with Crippen molar-refractivity contribution in [2.75, 3.05) is 25.5 Å². The van der Waals surface area contributed by atoms with Crippen LogP contribution in [0.25, 0.3) is 0 Å². The van der Waals surface area contributed by atoms with Gasteiger partial charge in [-0.2, -0.15) is 0 Å². The predicted molar refractivity (Wildman–Crippen MR) is 78.0 cm³/mol. The Morgan fingerprint density at radius 2 is 2.10 bits per heavy atom. The molecule has 0 radical (unpaired) electrons. The summed E-state index contributed by atoms with van der Waals surface area (Å²) in [7, 11) is 2.00. The molecule has 0 aliphatic carbocycles. The Morgan fingerprint density at radius 3 is 2.71 bits per heavy atom. The van der Waals surface area contributed by atoms with Crippen molar-refractivity contribution >= 4 is 23.4 Å². The van der Waals surface area contributed by atoms with E-state index in [4.69, 9.17) is 5.73 Å². The van der Waals surface area contributed by atoms with E-state index in [9.17, 15) is 14.4 Å². The minimum absolute atomic E-state index is 0.116. The number of carbonyl (C=O) groups is 3. The maximum atomic E-state index is 11.9. The number of amides is 3. The van der Waals surface area contributed by atoms with Gasteiger partial charge in [-0.15, -0.1) is 0 Å². The number of hydrogen-bond donors (Lipinski definition) is 3. The first-order valence-electron chi connectivity index (χ1n) is 6.66. The topological polar surface area (TPSA) is 105 Å². The van der Waals surface area contributed by atoms with Crippen LogP contribution in [-0.2, 0) is 4.79 Å². The molecule has 1 atom stereocenters. The maximum absolute atomic E-state index is 11.9. The highest BCUT2D eigenvalue weighted by Gasteiger charge is 2.21. The number of nitrogens with two attached hydrogens (primary N) is 1. The molecule has 0 bridgehead atoms. The summed E-state index contributed by atoms with van der Waals surface area (Å²) < 4.78 is 0. The minimum atomic E-state index is -1.02. The highest BCUT2D eigenvalue weighted by atomic mass is 16.2. The van der Waals surface area contributed by atoms with Gasteiger partial charge in [0.25, 0.3) is 5.91 Å². The van der Waals surface area contributed by atoms with E-state index in [1.54, 1.807) is 12.1 Å². The van der Waals surface area contributed by atoms with Crippen molar-refractivity contribution in [1.82, 2.24) is 10.2 Å². The van der Waals surface area contributed by atoms with E-state index in [2.05, 4.69) is 15.5 Å². The van der Waals surface area contributed by atoms with Crippen molar-refractivity contribution in [1.29, 1.82) is 0 Å². The van der Waals surface area contributed by atoms with Crippen molar-refractivity contribution in [2.24, 2.45) is 5.73 Å². The molecular formula is C14H18N4O3. The zero-order valence-electron chi connectivity index (χ0n) is 11.8. The van der Waals surface area contributed by atoms with Crippen LogP contribution in [0.2, 0.25) is 0 Å². The molecule has 1 aromatic carbocycles. The first kappa shape index (κ1) is 15.0. The quantitative estimate of drug-likeness (QED) is 0.543. The van der Waals surface area contributed by atoms with Crippen LogP contribution in [0.4, 0.5) is 10.5 Å². The molecular weight excluding hydrogens is 272 g/mol. The van der Waals surface area contributed by atoms with Crippen molar-refractivity contribution in [3.63, 3.8) is 0 Å². The number of carbonyl (C=O) groups excluding carboxylic acids is 3. The second kappa shape index (κ2) is 6.36. The fourth-order valence-electron chi connectivity index (χ4n) is 2.29. The van der Waals surface area contributed by atoms with E-state index in [0.717, 1.165) is 19.5 Å². The van der Waals surface area contributed by atoms with Crippen LogP contribution < -0.4 is 16.4 Å². The summed E-state index contributed by atoms with van der Waals surface area (Å²) in [5.74, 6) is -1.80. The second-order valence-electron chi connectivity index (χ2n) is 5.12. The molecule has 4 N–H and O–H groups in total. The molecule has 0 unspecified atom stereocenters. The van der Waals surface area contributed by atoms with Crippen molar-refractivity contribution in [2.45, 2.75) is 12.5 Å².